The van der Waals surface area contributed by atoms with Crippen LogP contribution in [-0.4, -0.2) is 22.8 Å². The first-order valence-electron chi connectivity index (χ1n) is 4.41. The summed E-state index contributed by atoms with van der Waals surface area (Å²) in [6.45, 7) is 7.27. The summed E-state index contributed by atoms with van der Waals surface area (Å²) >= 11 is 5.65. The summed E-state index contributed by atoms with van der Waals surface area (Å²) in [5.74, 6) is 0.877. The van der Waals surface area contributed by atoms with Crippen LogP contribution >= 0.6 is 11.6 Å². The van der Waals surface area contributed by atoms with E-state index in [9.17, 15) is 0 Å². The first-order valence-corrected chi connectivity index (χ1v) is 4.78. The maximum absolute atomic E-state index is 5.65. The van der Waals surface area contributed by atoms with Crippen molar-refractivity contribution in [3.63, 3.8) is 0 Å². The van der Waals surface area contributed by atoms with Gasteiger partial charge in [0.15, 0.2) is 11.0 Å². The third-order valence-electron chi connectivity index (χ3n) is 1.88. The molecule has 3 nitrogen and oxygen atoms in total. The van der Waals surface area contributed by atoms with Gasteiger partial charge >= 0.3 is 0 Å². The molecule has 0 aliphatic heterocycles. The molecule has 0 saturated heterocycles. The van der Waals surface area contributed by atoms with Crippen LogP contribution in [0.3, 0.4) is 0 Å². The lowest BCUT2D eigenvalue weighted by molar-refractivity contribution is 0.686. The maximum Gasteiger partial charge on any atom is 0.151 e. The van der Waals surface area contributed by atoms with E-state index in [1.54, 1.807) is 6.07 Å². The van der Waals surface area contributed by atoms with E-state index in [0.29, 0.717) is 11.2 Å². The highest BCUT2D eigenvalue weighted by Gasteiger charge is 2.09. The number of halogens is 1. The molecule has 13 heavy (non-hydrogen) atoms. The molecule has 0 atom stereocenters. The summed E-state index contributed by atoms with van der Waals surface area (Å²) in [7, 11) is 0. The lowest BCUT2D eigenvalue weighted by Crippen LogP contribution is -2.31. The number of nitrogens with zero attached hydrogens (tertiary/aromatic N) is 3. The van der Waals surface area contributed by atoms with Crippen LogP contribution in [0.5, 0.6) is 0 Å². The largest absolute Gasteiger partial charge is 0.353 e. The predicted octanol–water partition coefficient (Wildman–Crippen LogP) is 2.36. The summed E-state index contributed by atoms with van der Waals surface area (Å²) in [5, 5.41) is 8.25. The highest BCUT2D eigenvalue weighted by atomic mass is 35.5. The Bertz CT molecular complexity index is 258. The van der Waals surface area contributed by atoms with E-state index < -0.39 is 0 Å². The maximum atomic E-state index is 5.65. The van der Waals surface area contributed by atoms with Gasteiger partial charge in [0, 0.05) is 12.6 Å². The van der Waals surface area contributed by atoms with Gasteiger partial charge in [-0.05, 0) is 32.9 Å². The van der Waals surface area contributed by atoms with E-state index >= 15 is 0 Å². The van der Waals surface area contributed by atoms with Crippen LogP contribution in [0, 0.1) is 0 Å². The normalized spacial score (nSPS) is 10.5. The predicted molar refractivity (Wildman–Crippen MR) is 55.2 cm³/mol. The molecule has 4 heteroatoms. The first-order chi connectivity index (χ1) is 6.15. The molecule has 0 N–H and O–H groups in total. The molecule has 72 valence electrons. The standard InChI is InChI=1S/C9H14ClN3/c1-4-13(7(2)3)9-6-5-8(10)11-12-9/h5-7H,4H2,1-3H3. The van der Waals surface area contributed by atoms with Gasteiger partial charge in [-0.1, -0.05) is 11.6 Å². The van der Waals surface area contributed by atoms with Crippen molar-refractivity contribution in [2.75, 3.05) is 11.4 Å². The van der Waals surface area contributed by atoms with Gasteiger partial charge in [0.1, 0.15) is 0 Å². The summed E-state index contributed by atoms with van der Waals surface area (Å²) in [6, 6.07) is 4.08. The Labute approximate surface area is 83.7 Å². The van der Waals surface area contributed by atoms with Crippen LogP contribution in [0.2, 0.25) is 5.15 Å². The molecule has 0 saturated carbocycles. The molecule has 0 aliphatic carbocycles. The summed E-state index contributed by atoms with van der Waals surface area (Å²) in [4.78, 5) is 2.16. The van der Waals surface area contributed by atoms with Crippen LogP contribution in [-0.2, 0) is 0 Å². The van der Waals surface area contributed by atoms with E-state index in [4.69, 9.17) is 11.6 Å². The van der Waals surface area contributed by atoms with Crippen LogP contribution < -0.4 is 4.90 Å². The Morgan fingerprint density at radius 1 is 1.38 bits per heavy atom. The molecule has 1 aromatic rings. The van der Waals surface area contributed by atoms with Crippen LogP contribution in [0.25, 0.3) is 0 Å². The molecule has 1 aromatic heterocycles. The van der Waals surface area contributed by atoms with Gasteiger partial charge in [0.05, 0.1) is 0 Å². The van der Waals surface area contributed by atoms with Crippen LogP contribution in [0.15, 0.2) is 12.1 Å². The second kappa shape index (κ2) is 4.42. The van der Waals surface area contributed by atoms with Gasteiger partial charge < -0.3 is 4.90 Å². The van der Waals surface area contributed by atoms with Crippen molar-refractivity contribution in [3.05, 3.63) is 17.3 Å². The van der Waals surface area contributed by atoms with Crippen molar-refractivity contribution in [2.45, 2.75) is 26.8 Å². The Balaban J connectivity index is 2.86. The summed E-state index contributed by atoms with van der Waals surface area (Å²) < 4.78 is 0. The number of hydrogen-bond donors (Lipinski definition) is 0. The first kappa shape index (κ1) is 10.3. The Morgan fingerprint density at radius 2 is 2.08 bits per heavy atom. The fourth-order valence-electron chi connectivity index (χ4n) is 1.25. The second-order valence-electron chi connectivity index (χ2n) is 3.09. The molecule has 0 spiro atoms. The van der Waals surface area contributed by atoms with E-state index in [2.05, 4.69) is 35.9 Å². The number of aromatic nitrogens is 2. The minimum absolute atomic E-state index is 0.431. The van der Waals surface area contributed by atoms with Gasteiger partial charge in [-0.25, -0.2) is 0 Å². The van der Waals surface area contributed by atoms with Crippen LogP contribution in [0.1, 0.15) is 20.8 Å². The van der Waals surface area contributed by atoms with Crippen LogP contribution in [0.4, 0.5) is 5.82 Å². The smallest absolute Gasteiger partial charge is 0.151 e. The molecule has 1 rings (SSSR count). The molecule has 0 aromatic carbocycles. The van der Waals surface area contributed by atoms with E-state index in [-0.39, 0.29) is 0 Å². The average Bonchev–Trinajstić information content (AvgIpc) is 2.09. The lowest BCUT2D eigenvalue weighted by Gasteiger charge is -2.25. The molecule has 0 radical (unpaired) electrons. The average molecular weight is 200 g/mol. The van der Waals surface area contributed by atoms with Crippen molar-refractivity contribution in [1.82, 2.24) is 10.2 Å². The minimum atomic E-state index is 0.431. The fraction of sp³-hybridized carbons (Fsp3) is 0.556. The zero-order valence-electron chi connectivity index (χ0n) is 8.16. The second-order valence-corrected chi connectivity index (χ2v) is 3.48. The topological polar surface area (TPSA) is 29.0 Å². The molecule has 0 fully saturated rings. The van der Waals surface area contributed by atoms with E-state index in [1.807, 2.05) is 6.07 Å². The molecule has 0 aliphatic rings. The van der Waals surface area contributed by atoms with Crippen molar-refractivity contribution >= 4 is 17.4 Å². The molecular weight excluding hydrogens is 186 g/mol. The number of rotatable bonds is 3. The molecular formula is C9H14ClN3. The van der Waals surface area contributed by atoms with Gasteiger partial charge in [-0.15, -0.1) is 10.2 Å². The highest BCUT2D eigenvalue weighted by Crippen LogP contribution is 2.13. The monoisotopic (exact) mass is 199 g/mol. The Kier molecular flexibility index (Phi) is 3.48. The summed E-state index contributed by atoms with van der Waals surface area (Å²) in [5.41, 5.74) is 0. The van der Waals surface area contributed by atoms with Gasteiger partial charge in [-0.3, -0.25) is 0 Å². The Hall–Kier alpha value is -0.830. The molecule has 0 amide bonds. The summed E-state index contributed by atoms with van der Waals surface area (Å²) in [6.07, 6.45) is 0. The van der Waals surface area contributed by atoms with Crippen molar-refractivity contribution in [1.29, 1.82) is 0 Å². The highest BCUT2D eigenvalue weighted by molar-refractivity contribution is 6.29. The number of hydrogen-bond acceptors (Lipinski definition) is 3. The Morgan fingerprint density at radius 3 is 2.46 bits per heavy atom. The fourth-order valence-corrected chi connectivity index (χ4v) is 1.35. The lowest BCUT2D eigenvalue weighted by atomic mass is 10.3. The van der Waals surface area contributed by atoms with E-state index in [1.165, 1.54) is 0 Å². The number of anilines is 1. The van der Waals surface area contributed by atoms with Gasteiger partial charge in [0.2, 0.25) is 0 Å². The van der Waals surface area contributed by atoms with Gasteiger partial charge in [0.25, 0.3) is 0 Å². The van der Waals surface area contributed by atoms with Gasteiger partial charge in [-0.2, -0.15) is 0 Å². The molecule has 1 heterocycles. The zero-order chi connectivity index (χ0) is 9.84. The SMILES string of the molecule is CCN(c1ccc(Cl)nn1)C(C)C. The van der Waals surface area contributed by atoms with Crippen molar-refractivity contribution in [2.24, 2.45) is 0 Å². The van der Waals surface area contributed by atoms with Crippen molar-refractivity contribution in [3.8, 4) is 0 Å². The van der Waals surface area contributed by atoms with Crippen molar-refractivity contribution < 1.29 is 0 Å². The molecule has 0 unspecified atom stereocenters. The van der Waals surface area contributed by atoms with E-state index in [0.717, 1.165) is 12.4 Å². The molecule has 0 bridgehead atoms. The zero-order valence-corrected chi connectivity index (χ0v) is 8.91. The quantitative estimate of drug-likeness (QED) is 0.749. The minimum Gasteiger partial charge on any atom is -0.353 e. The third kappa shape index (κ3) is 2.56. The third-order valence-corrected chi connectivity index (χ3v) is 2.08.